The lowest BCUT2D eigenvalue weighted by atomic mass is 10.2. The maximum absolute atomic E-state index is 11.1. The van der Waals surface area contributed by atoms with Crippen LogP contribution < -0.4 is 5.73 Å². The van der Waals surface area contributed by atoms with Crippen molar-refractivity contribution in [3.05, 3.63) is 12.7 Å². The lowest BCUT2D eigenvalue weighted by molar-refractivity contribution is -0.0559. The molecule has 12 heteroatoms. The molecule has 3 heterocycles. The fourth-order valence-electron chi connectivity index (χ4n) is 2.57. The quantitative estimate of drug-likeness (QED) is 0.498. The molecule has 132 valence electrons. The van der Waals surface area contributed by atoms with E-state index < -0.39 is 20.0 Å². The number of aliphatic hydroxyl groups excluding tert-OH is 1. The third-order valence-corrected chi connectivity index (χ3v) is 4.85. The van der Waals surface area contributed by atoms with Crippen molar-refractivity contribution in [2.45, 2.75) is 31.0 Å². The fourth-order valence-corrected chi connectivity index (χ4v) is 3.06. The molecule has 0 aromatic carbocycles. The molecule has 2 aromatic rings. The number of fused-ring (bicyclic) bond motifs is 1. The molecule has 0 saturated carbocycles. The van der Waals surface area contributed by atoms with Crippen LogP contribution in [0.25, 0.3) is 11.2 Å². The van der Waals surface area contributed by atoms with Gasteiger partial charge in [0.15, 0.2) is 17.3 Å². The Morgan fingerprint density at radius 2 is 2.21 bits per heavy atom. The van der Waals surface area contributed by atoms with Crippen molar-refractivity contribution in [1.29, 1.82) is 0 Å². The zero-order chi connectivity index (χ0) is 17.3. The molecule has 1 saturated heterocycles. The number of aromatic nitrogens is 4. The number of ether oxygens (including phenoxy) is 2. The van der Waals surface area contributed by atoms with Crippen molar-refractivity contribution in [2.24, 2.45) is 0 Å². The third kappa shape index (κ3) is 3.41. The molecular formula is C12H18N5O6P. The first-order valence-electron chi connectivity index (χ1n) is 7.26. The molecule has 1 aliphatic heterocycles. The van der Waals surface area contributed by atoms with Crippen molar-refractivity contribution in [3.8, 4) is 0 Å². The molecule has 1 fully saturated rings. The Morgan fingerprint density at radius 1 is 1.42 bits per heavy atom. The van der Waals surface area contributed by atoms with Gasteiger partial charge in [-0.2, -0.15) is 0 Å². The molecule has 3 atom stereocenters. The number of imidazole rings is 1. The predicted molar refractivity (Wildman–Crippen MR) is 81.7 cm³/mol. The highest BCUT2D eigenvalue weighted by Crippen LogP contribution is 2.42. The average molecular weight is 359 g/mol. The van der Waals surface area contributed by atoms with E-state index in [0.29, 0.717) is 24.0 Å². The van der Waals surface area contributed by atoms with Crippen molar-refractivity contribution in [2.75, 3.05) is 18.9 Å². The van der Waals surface area contributed by atoms with E-state index in [9.17, 15) is 4.57 Å². The number of nitrogens with zero attached hydrogens (tertiary/aromatic N) is 4. The van der Waals surface area contributed by atoms with Crippen LogP contribution in [0, 0.1) is 0 Å². The number of rotatable bonds is 6. The molecule has 3 rings (SSSR count). The molecule has 0 spiro atoms. The van der Waals surface area contributed by atoms with Crippen LogP contribution in [0.2, 0.25) is 0 Å². The van der Waals surface area contributed by atoms with E-state index >= 15 is 0 Å². The largest absolute Gasteiger partial charge is 0.393 e. The van der Waals surface area contributed by atoms with Gasteiger partial charge in [0.25, 0.3) is 0 Å². The third-order valence-electron chi connectivity index (χ3n) is 3.79. The molecule has 0 aliphatic carbocycles. The number of nitrogens with two attached hydrogens (primary N) is 1. The first-order valence-corrected chi connectivity index (χ1v) is 8.94. The Hall–Kier alpha value is -1.62. The van der Waals surface area contributed by atoms with Crippen LogP contribution in [0.1, 0.15) is 19.1 Å². The van der Waals surface area contributed by atoms with E-state index in [1.807, 2.05) is 0 Å². The molecule has 24 heavy (non-hydrogen) atoms. The molecule has 0 unspecified atom stereocenters. The minimum Gasteiger partial charge on any atom is -0.393 e. The monoisotopic (exact) mass is 359 g/mol. The zero-order valence-corrected chi connectivity index (χ0v) is 13.5. The Morgan fingerprint density at radius 3 is 2.92 bits per heavy atom. The summed E-state index contributed by atoms with van der Waals surface area (Å²) in [6, 6.07) is 0. The molecular weight excluding hydrogens is 341 g/mol. The summed E-state index contributed by atoms with van der Waals surface area (Å²) in [5.74, 6) is -1.26. The number of hydrogen-bond donors (Lipinski definition) is 4. The summed E-state index contributed by atoms with van der Waals surface area (Å²) in [5, 5.41) is 8.99. The molecule has 0 radical (unpaired) electrons. The van der Waals surface area contributed by atoms with Gasteiger partial charge in [0.05, 0.1) is 25.6 Å². The molecule has 2 aromatic heterocycles. The van der Waals surface area contributed by atoms with Gasteiger partial charge in [-0.1, -0.05) is 0 Å². The van der Waals surface area contributed by atoms with Gasteiger partial charge in [0.2, 0.25) is 0 Å². The second-order valence-corrected chi connectivity index (χ2v) is 7.19. The van der Waals surface area contributed by atoms with E-state index in [0.717, 1.165) is 0 Å². The smallest absolute Gasteiger partial charge is 0.356 e. The SMILES string of the molecule is Nc1ncnc2c1ncn2[C@H]1CC[C@@H](CO[C@@H](CO)P(=O)(O)O)O1. The van der Waals surface area contributed by atoms with Crippen LogP contribution in [-0.4, -0.2) is 59.6 Å². The van der Waals surface area contributed by atoms with Crippen molar-refractivity contribution >= 4 is 24.6 Å². The summed E-state index contributed by atoms with van der Waals surface area (Å²) < 4.78 is 23.8. The van der Waals surface area contributed by atoms with Gasteiger partial charge in [0, 0.05) is 0 Å². The van der Waals surface area contributed by atoms with Gasteiger partial charge in [-0.25, -0.2) is 15.0 Å². The Labute approximate surface area is 136 Å². The van der Waals surface area contributed by atoms with Crippen LogP contribution in [0.5, 0.6) is 0 Å². The molecule has 5 N–H and O–H groups in total. The highest BCUT2D eigenvalue weighted by Gasteiger charge is 2.33. The minimum absolute atomic E-state index is 0.0312. The average Bonchev–Trinajstić information content (AvgIpc) is 3.13. The molecule has 11 nitrogen and oxygen atoms in total. The maximum atomic E-state index is 11.1. The van der Waals surface area contributed by atoms with Gasteiger partial charge < -0.3 is 30.1 Å². The summed E-state index contributed by atoms with van der Waals surface area (Å²) in [4.78, 5) is 30.3. The van der Waals surface area contributed by atoms with Gasteiger partial charge >= 0.3 is 7.60 Å². The van der Waals surface area contributed by atoms with Crippen LogP contribution in [-0.2, 0) is 14.0 Å². The topological polar surface area (TPSA) is 166 Å². The van der Waals surface area contributed by atoms with Crippen LogP contribution in [0.3, 0.4) is 0 Å². The number of aliphatic hydroxyl groups is 1. The highest BCUT2D eigenvalue weighted by atomic mass is 31.2. The summed E-state index contributed by atoms with van der Waals surface area (Å²) in [5.41, 5.74) is 6.79. The normalized spacial score (nSPS) is 23.0. The van der Waals surface area contributed by atoms with E-state index in [-0.39, 0.29) is 24.8 Å². The maximum Gasteiger partial charge on any atom is 0.356 e. The molecule has 0 amide bonds. The second kappa shape index (κ2) is 6.71. The van der Waals surface area contributed by atoms with Crippen molar-refractivity contribution in [3.63, 3.8) is 0 Å². The summed E-state index contributed by atoms with van der Waals surface area (Å²) >= 11 is 0. The molecule has 1 aliphatic rings. The minimum atomic E-state index is -4.51. The fraction of sp³-hybridized carbons (Fsp3) is 0.583. The summed E-state index contributed by atoms with van der Waals surface area (Å²) in [6.45, 7) is -0.792. The standard InChI is InChI=1S/C12H18N5O6P/c13-11-10-12(15-5-14-11)17(6-16-10)8-2-1-7(23-8)4-22-9(3-18)24(19,20)21/h5-9,18H,1-4H2,(H2,13,14,15)(H2,19,20,21)/t7-,8+,9+/m0/s1. The predicted octanol–water partition coefficient (Wildman–Crippen LogP) is -0.401. The summed E-state index contributed by atoms with van der Waals surface area (Å²) in [6.07, 6.45) is 3.51. The lowest BCUT2D eigenvalue weighted by Gasteiger charge is -2.20. The Bertz CT molecular complexity index is 763. The first-order chi connectivity index (χ1) is 11.4. The van der Waals surface area contributed by atoms with E-state index in [4.69, 9.17) is 30.1 Å². The van der Waals surface area contributed by atoms with E-state index in [1.54, 1.807) is 10.9 Å². The number of hydrogen-bond acceptors (Lipinski definition) is 8. The van der Waals surface area contributed by atoms with Crippen molar-refractivity contribution < 1.29 is 28.9 Å². The van der Waals surface area contributed by atoms with Gasteiger partial charge in [-0.05, 0) is 12.8 Å². The van der Waals surface area contributed by atoms with Crippen molar-refractivity contribution in [1.82, 2.24) is 19.5 Å². The number of anilines is 1. The summed E-state index contributed by atoms with van der Waals surface area (Å²) in [7, 11) is -4.51. The highest BCUT2D eigenvalue weighted by molar-refractivity contribution is 7.52. The van der Waals surface area contributed by atoms with Gasteiger partial charge in [0.1, 0.15) is 18.1 Å². The van der Waals surface area contributed by atoms with Gasteiger partial charge in [-0.3, -0.25) is 9.13 Å². The first kappa shape index (κ1) is 17.2. The Balaban J connectivity index is 1.65. The van der Waals surface area contributed by atoms with E-state index in [2.05, 4.69) is 15.0 Å². The zero-order valence-electron chi connectivity index (χ0n) is 12.6. The van der Waals surface area contributed by atoms with Crippen LogP contribution in [0.4, 0.5) is 5.82 Å². The lowest BCUT2D eigenvalue weighted by Crippen LogP contribution is -2.24. The second-order valence-electron chi connectivity index (χ2n) is 5.43. The van der Waals surface area contributed by atoms with Crippen LogP contribution >= 0.6 is 7.60 Å². The van der Waals surface area contributed by atoms with E-state index in [1.165, 1.54) is 6.33 Å². The van der Waals surface area contributed by atoms with Gasteiger partial charge in [-0.15, -0.1) is 0 Å². The molecule has 0 bridgehead atoms. The van der Waals surface area contributed by atoms with Crippen LogP contribution in [0.15, 0.2) is 12.7 Å². The Kier molecular flexibility index (Phi) is 4.81. The number of nitrogen functional groups attached to an aromatic ring is 1.